The zero-order chi connectivity index (χ0) is 19.7. The number of nitrogens with zero attached hydrogens (tertiary/aromatic N) is 5. The zero-order valence-electron chi connectivity index (χ0n) is 16.5. The Kier molecular flexibility index (Phi) is 5.13. The van der Waals surface area contributed by atoms with Gasteiger partial charge in [-0.25, -0.2) is 19.9 Å². The summed E-state index contributed by atoms with van der Waals surface area (Å²) in [5.74, 6) is 2.12. The normalized spacial score (nSPS) is 15.2. The summed E-state index contributed by atoms with van der Waals surface area (Å²) in [7, 11) is 3.52. The van der Waals surface area contributed by atoms with Crippen LogP contribution in [0.15, 0.2) is 18.5 Å². The Morgan fingerprint density at radius 3 is 2.54 bits per heavy atom. The topological polar surface area (TPSA) is 85.3 Å². The Morgan fingerprint density at radius 2 is 1.89 bits per heavy atom. The lowest BCUT2D eigenvalue weighted by molar-refractivity contribution is 0.0224. The second-order valence-electron chi connectivity index (χ2n) is 7.06. The van der Waals surface area contributed by atoms with E-state index in [2.05, 4.69) is 40.1 Å². The summed E-state index contributed by atoms with van der Waals surface area (Å²) in [5, 5.41) is 3.97. The molecule has 0 radical (unpaired) electrons. The SMILES string of the molecule is CNc1ncc(-c2nc(N3CCOCC3)c3cc(C(C)(C)OC)sc3n2)cn1. The molecule has 1 fully saturated rings. The van der Waals surface area contributed by atoms with Gasteiger partial charge in [-0.3, -0.25) is 0 Å². The Morgan fingerprint density at radius 1 is 1.18 bits per heavy atom. The van der Waals surface area contributed by atoms with Crippen molar-refractivity contribution >= 4 is 33.3 Å². The molecule has 9 heteroatoms. The van der Waals surface area contributed by atoms with Crippen molar-refractivity contribution < 1.29 is 9.47 Å². The maximum absolute atomic E-state index is 5.68. The van der Waals surface area contributed by atoms with Gasteiger partial charge < -0.3 is 19.7 Å². The summed E-state index contributed by atoms with van der Waals surface area (Å²) in [6, 6.07) is 2.15. The maximum Gasteiger partial charge on any atom is 0.222 e. The first-order valence-corrected chi connectivity index (χ1v) is 10.0. The molecule has 0 unspecified atom stereocenters. The fourth-order valence-corrected chi connectivity index (χ4v) is 4.13. The first-order chi connectivity index (χ1) is 13.5. The van der Waals surface area contributed by atoms with Crippen LogP contribution in [-0.4, -0.2) is 60.4 Å². The van der Waals surface area contributed by atoms with Gasteiger partial charge in [-0.2, -0.15) is 0 Å². The number of hydrogen-bond donors (Lipinski definition) is 1. The van der Waals surface area contributed by atoms with Crippen LogP contribution in [0.4, 0.5) is 11.8 Å². The smallest absolute Gasteiger partial charge is 0.222 e. The average molecular weight is 401 g/mol. The van der Waals surface area contributed by atoms with Crippen molar-refractivity contribution in [2.75, 3.05) is 50.7 Å². The predicted octanol–water partition coefficient (Wildman–Crippen LogP) is 2.91. The van der Waals surface area contributed by atoms with Gasteiger partial charge in [0, 0.05) is 44.5 Å². The number of nitrogens with one attached hydrogen (secondary N) is 1. The number of morpholine rings is 1. The molecule has 0 atom stereocenters. The number of fused-ring (bicyclic) bond motifs is 1. The van der Waals surface area contributed by atoms with E-state index in [-0.39, 0.29) is 5.60 Å². The van der Waals surface area contributed by atoms with Crippen LogP contribution in [0.25, 0.3) is 21.6 Å². The maximum atomic E-state index is 5.68. The van der Waals surface area contributed by atoms with Crippen LogP contribution >= 0.6 is 11.3 Å². The first kappa shape index (κ1) is 19.0. The van der Waals surface area contributed by atoms with Crippen LogP contribution in [0, 0.1) is 0 Å². The van der Waals surface area contributed by atoms with E-state index in [0.717, 1.165) is 39.6 Å². The molecule has 0 amide bonds. The lowest BCUT2D eigenvalue weighted by Crippen LogP contribution is -2.37. The first-order valence-electron chi connectivity index (χ1n) is 9.22. The second-order valence-corrected chi connectivity index (χ2v) is 8.09. The van der Waals surface area contributed by atoms with E-state index in [9.17, 15) is 0 Å². The van der Waals surface area contributed by atoms with Gasteiger partial charge in [0.2, 0.25) is 5.95 Å². The van der Waals surface area contributed by atoms with E-state index in [1.165, 1.54) is 0 Å². The van der Waals surface area contributed by atoms with Crippen LogP contribution in [0.1, 0.15) is 18.7 Å². The van der Waals surface area contributed by atoms with Crippen LogP contribution in [0.5, 0.6) is 0 Å². The Bertz CT molecular complexity index is 966. The van der Waals surface area contributed by atoms with Gasteiger partial charge in [0.05, 0.1) is 29.8 Å². The molecule has 1 aliphatic heterocycles. The molecule has 8 nitrogen and oxygen atoms in total. The largest absolute Gasteiger partial charge is 0.378 e. The highest BCUT2D eigenvalue weighted by Crippen LogP contribution is 2.38. The molecule has 28 heavy (non-hydrogen) atoms. The standard InChI is InChI=1S/C19H24N6O2S/c1-19(2,26-4)14-9-13-16(25-5-7-27-8-6-25)23-15(24-17(13)28-14)12-10-21-18(20-3)22-11-12/h9-11H,5-8H2,1-4H3,(H,20,21,22). The molecular weight excluding hydrogens is 376 g/mol. The summed E-state index contributed by atoms with van der Waals surface area (Å²) in [6.07, 6.45) is 3.49. The number of ether oxygens (including phenoxy) is 2. The fourth-order valence-electron chi connectivity index (χ4n) is 3.02. The van der Waals surface area contributed by atoms with E-state index in [4.69, 9.17) is 19.4 Å². The van der Waals surface area contributed by atoms with E-state index in [1.54, 1.807) is 37.9 Å². The minimum atomic E-state index is -0.384. The number of aromatic nitrogens is 4. The molecule has 1 N–H and O–H groups in total. The number of thiophene rings is 1. The number of methoxy groups -OCH3 is 1. The lowest BCUT2D eigenvalue weighted by atomic mass is 10.1. The lowest BCUT2D eigenvalue weighted by Gasteiger charge is -2.28. The minimum absolute atomic E-state index is 0.384. The van der Waals surface area contributed by atoms with Crippen LogP contribution in [0.2, 0.25) is 0 Å². The summed E-state index contributed by atoms with van der Waals surface area (Å²) in [6.45, 7) is 7.12. The molecular formula is C19H24N6O2S. The van der Waals surface area contributed by atoms with Crippen molar-refractivity contribution in [3.05, 3.63) is 23.3 Å². The molecule has 148 valence electrons. The van der Waals surface area contributed by atoms with Gasteiger partial charge >= 0.3 is 0 Å². The van der Waals surface area contributed by atoms with Gasteiger partial charge in [-0.05, 0) is 19.9 Å². The van der Waals surface area contributed by atoms with E-state index < -0.39 is 0 Å². The third-order valence-corrected chi connectivity index (χ3v) is 6.25. The van der Waals surface area contributed by atoms with Gasteiger partial charge in [-0.15, -0.1) is 11.3 Å². The summed E-state index contributed by atoms with van der Waals surface area (Å²) < 4.78 is 11.2. The molecule has 3 aromatic heterocycles. The minimum Gasteiger partial charge on any atom is -0.378 e. The van der Waals surface area contributed by atoms with E-state index in [1.807, 2.05) is 0 Å². The highest BCUT2D eigenvalue weighted by Gasteiger charge is 2.26. The average Bonchev–Trinajstić information content (AvgIpc) is 3.19. The highest BCUT2D eigenvalue weighted by atomic mass is 32.1. The molecule has 0 spiro atoms. The molecule has 3 aromatic rings. The number of hydrogen-bond acceptors (Lipinski definition) is 9. The molecule has 4 heterocycles. The monoisotopic (exact) mass is 400 g/mol. The number of rotatable bonds is 5. The van der Waals surface area contributed by atoms with Gasteiger partial charge in [0.15, 0.2) is 5.82 Å². The fraction of sp³-hybridized carbons (Fsp3) is 0.474. The summed E-state index contributed by atoms with van der Waals surface area (Å²) >= 11 is 1.64. The quantitative estimate of drug-likeness (QED) is 0.700. The number of anilines is 2. The van der Waals surface area contributed by atoms with Gasteiger partial charge in [0.25, 0.3) is 0 Å². The van der Waals surface area contributed by atoms with Crippen molar-refractivity contribution in [1.82, 2.24) is 19.9 Å². The van der Waals surface area contributed by atoms with Crippen molar-refractivity contribution in [2.45, 2.75) is 19.4 Å². The summed E-state index contributed by atoms with van der Waals surface area (Å²) in [4.78, 5) is 22.6. The zero-order valence-corrected chi connectivity index (χ0v) is 17.3. The molecule has 4 rings (SSSR count). The Balaban J connectivity index is 1.86. The molecule has 0 saturated carbocycles. The Labute approximate surface area is 168 Å². The third kappa shape index (κ3) is 3.52. The van der Waals surface area contributed by atoms with E-state index >= 15 is 0 Å². The molecule has 0 aliphatic carbocycles. The predicted molar refractivity (Wildman–Crippen MR) is 111 cm³/mol. The van der Waals surface area contributed by atoms with Crippen LogP contribution in [-0.2, 0) is 15.1 Å². The summed E-state index contributed by atoms with van der Waals surface area (Å²) in [5.41, 5.74) is 0.405. The Hall–Kier alpha value is -2.36. The van der Waals surface area contributed by atoms with E-state index in [0.29, 0.717) is 25.0 Å². The molecule has 0 bridgehead atoms. The van der Waals surface area contributed by atoms with Crippen molar-refractivity contribution in [3.8, 4) is 11.4 Å². The van der Waals surface area contributed by atoms with Crippen molar-refractivity contribution in [1.29, 1.82) is 0 Å². The third-order valence-electron chi connectivity index (χ3n) is 4.92. The molecule has 1 saturated heterocycles. The van der Waals surface area contributed by atoms with Gasteiger partial charge in [0.1, 0.15) is 10.6 Å². The van der Waals surface area contributed by atoms with Crippen LogP contribution in [0.3, 0.4) is 0 Å². The highest BCUT2D eigenvalue weighted by molar-refractivity contribution is 7.18. The second kappa shape index (κ2) is 7.57. The van der Waals surface area contributed by atoms with Gasteiger partial charge in [-0.1, -0.05) is 0 Å². The molecule has 1 aliphatic rings. The van der Waals surface area contributed by atoms with Crippen LogP contribution < -0.4 is 10.2 Å². The van der Waals surface area contributed by atoms with Crippen molar-refractivity contribution in [2.24, 2.45) is 0 Å². The molecule has 0 aromatic carbocycles. The van der Waals surface area contributed by atoms with Crippen molar-refractivity contribution in [3.63, 3.8) is 0 Å².